The van der Waals surface area contributed by atoms with Gasteiger partial charge in [-0.25, -0.2) is 0 Å². The average Bonchev–Trinajstić information content (AvgIpc) is 2.06. The van der Waals surface area contributed by atoms with E-state index in [0.29, 0.717) is 0 Å². The van der Waals surface area contributed by atoms with E-state index >= 15 is 0 Å². The predicted molar refractivity (Wildman–Crippen MR) is 48.4 cm³/mol. The Bertz CT molecular complexity index is 279. The van der Waals surface area contributed by atoms with Crippen LogP contribution in [0.25, 0.3) is 0 Å². The molecule has 0 aliphatic rings. The first-order valence-electron chi connectivity index (χ1n) is 3.97. The van der Waals surface area contributed by atoms with Gasteiger partial charge in [0.2, 0.25) is 0 Å². The first-order chi connectivity index (χ1) is 5.66. The molecule has 0 aliphatic heterocycles. The number of benzene rings is 1. The van der Waals surface area contributed by atoms with Crippen molar-refractivity contribution in [3.05, 3.63) is 28.8 Å². The number of rotatable bonds is 2. The molecule has 0 bridgehead atoms. The molecule has 0 fully saturated rings. The SMILES string of the molecule is Cc1ccc(C)c(OCO)c1C. The molecule has 66 valence electrons. The van der Waals surface area contributed by atoms with Crippen LogP contribution in [0.5, 0.6) is 5.75 Å². The van der Waals surface area contributed by atoms with Crippen LogP contribution in [-0.2, 0) is 0 Å². The van der Waals surface area contributed by atoms with Crippen molar-refractivity contribution in [3.8, 4) is 5.75 Å². The lowest BCUT2D eigenvalue weighted by atomic mass is 10.1. The molecule has 2 heteroatoms. The third kappa shape index (κ3) is 1.59. The second-order valence-electron chi connectivity index (χ2n) is 2.93. The molecule has 12 heavy (non-hydrogen) atoms. The summed E-state index contributed by atoms with van der Waals surface area (Å²) in [5, 5.41) is 8.64. The summed E-state index contributed by atoms with van der Waals surface area (Å²) in [7, 11) is 0. The topological polar surface area (TPSA) is 29.5 Å². The number of hydrogen-bond acceptors (Lipinski definition) is 2. The van der Waals surface area contributed by atoms with Crippen molar-refractivity contribution in [1.29, 1.82) is 0 Å². The Hall–Kier alpha value is -1.02. The van der Waals surface area contributed by atoms with E-state index in [0.717, 1.165) is 16.9 Å². The third-order valence-corrected chi connectivity index (χ3v) is 2.08. The number of aliphatic hydroxyl groups is 1. The van der Waals surface area contributed by atoms with E-state index in [9.17, 15) is 0 Å². The zero-order valence-corrected chi connectivity index (χ0v) is 7.72. The predicted octanol–water partition coefficient (Wildman–Crippen LogP) is 1.94. The van der Waals surface area contributed by atoms with Gasteiger partial charge in [0, 0.05) is 0 Å². The maximum Gasteiger partial charge on any atom is 0.186 e. The van der Waals surface area contributed by atoms with Gasteiger partial charge >= 0.3 is 0 Å². The number of aryl methyl sites for hydroxylation is 2. The fraction of sp³-hybridized carbons (Fsp3) is 0.400. The Morgan fingerprint density at radius 3 is 2.33 bits per heavy atom. The Labute approximate surface area is 72.8 Å². The van der Waals surface area contributed by atoms with Crippen LogP contribution < -0.4 is 4.74 Å². The molecule has 1 N–H and O–H groups in total. The van der Waals surface area contributed by atoms with Gasteiger partial charge in [0.15, 0.2) is 6.79 Å². The number of ether oxygens (including phenoxy) is 1. The first kappa shape index (κ1) is 9.07. The van der Waals surface area contributed by atoms with Gasteiger partial charge in [0.25, 0.3) is 0 Å². The van der Waals surface area contributed by atoms with Crippen LogP contribution in [0.4, 0.5) is 0 Å². The van der Waals surface area contributed by atoms with E-state index in [4.69, 9.17) is 9.84 Å². The quantitative estimate of drug-likeness (QED) is 0.680. The minimum Gasteiger partial charge on any atom is -0.467 e. The molecular weight excluding hydrogens is 152 g/mol. The Morgan fingerprint density at radius 2 is 1.75 bits per heavy atom. The number of hydrogen-bond donors (Lipinski definition) is 1. The Kier molecular flexibility index (Phi) is 2.71. The van der Waals surface area contributed by atoms with Gasteiger partial charge in [-0.05, 0) is 37.5 Å². The minimum absolute atomic E-state index is 0.259. The van der Waals surface area contributed by atoms with Crippen LogP contribution in [0.15, 0.2) is 12.1 Å². The summed E-state index contributed by atoms with van der Waals surface area (Å²) in [6, 6.07) is 4.04. The molecular formula is C10H14O2. The third-order valence-electron chi connectivity index (χ3n) is 2.08. The first-order valence-corrected chi connectivity index (χ1v) is 3.97. The van der Waals surface area contributed by atoms with Crippen molar-refractivity contribution in [2.75, 3.05) is 6.79 Å². The van der Waals surface area contributed by atoms with Crippen LogP contribution >= 0.6 is 0 Å². The number of aliphatic hydroxyl groups excluding tert-OH is 1. The Balaban J connectivity index is 3.14. The normalized spacial score (nSPS) is 10.0. The maximum absolute atomic E-state index is 8.64. The largest absolute Gasteiger partial charge is 0.467 e. The highest BCUT2D eigenvalue weighted by atomic mass is 16.6. The molecule has 0 radical (unpaired) electrons. The molecule has 0 saturated carbocycles. The lowest BCUT2D eigenvalue weighted by Gasteiger charge is -2.11. The zero-order chi connectivity index (χ0) is 9.14. The molecule has 0 aromatic heterocycles. The highest BCUT2D eigenvalue weighted by Crippen LogP contribution is 2.25. The van der Waals surface area contributed by atoms with Crippen LogP contribution in [0, 0.1) is 20.8 Å². The van der Waals surface area contributed by atoms with Crippen LogP contribution in [0.2, 0.25) is 0 Å². The van der Waals surface area contributed by atoms with Crippen molar-refractivity contribution in [2.45, 2.75) is 20.8 Å². The van der Waals surface area contributed by atoms with Gasteiger partial charge in [-0.1, -0.05) is 12.1 Å². The second-order valence-corrected chi connectivity index (χ2v) is 2.93. The minimum atomic E-state index is -0.259. The highest BCUT2D eigenvalue weighted by molar-refractivity contribution is 5.44. The molecule has 0 unspecified atom stereocenters. The molecule has 0 spiro atoms. The van der Waals surface area contributed by atoms with Crippen LogP contribution in [-0.4, -0.2) is 11.9 Å². The van der Waals surface area contributed by atoms with Gasteiger partial charge in [0.1, 0.15) is 5.75 Å². The second kappa shape index (κ2) is 3.59. The molecule has 1 aromatic rings. The Morgan fingerprint density at radius 1 is 1.17 bits per heavy atom. The lowest BCUT2D eigenvalue weighted by molar-refractivity contribution is 0.0971. The van der Waals surface area contributed by atoms with Crippen LogP contribution in [0.3, 0.4) is 0 Å². The summed E-state index contributed by atoms with van der Waals surface area (Å²) in [5.41, 5.74) is 3.35. The molecule has 1 aromatic carbocycles. The fourth-order valence-electron chi connectivity index (χ4n) is 1.21. The van der Waals surface area contributed by atoms with Gasteiger partial charge in [-0.15, -0.1) is 0 Å². The monoisotopic (exact) mass is 166 g/mol. The van der Waals surface area contributed by atoms with E-state index in [1.165, 1.54) is 5.56 Å². The van der Waals surface area contributed by atoms with E-state index in [2.05, 4.69) is 6.07 Å². The van der Waals surface area contributed by atoms with Crippen LogP contribution in [0.1, 0.15) is 16.7 Å². The van der Waals surface area contributed by atoms with E-state index in [1.54, 1.807) is 0 Å². The molecule has 0 aliphatic carbocycles. The summed E-state index contributed by atoms with van der Waals surface area (Å²) < 4.78 is 5.10. The van der Waals surface area contributed by atoms with Crippen molar-refractivity contribution in [3.63, 3.8) is 0 Å². The summed E-state index contributed by atoms with van der Waals surface area (Å²) in [5.74, 6) is 0.803. The van der Waals surface area contributed by atoms with Crippen molar-refractivity contribution >= 4 is 0 Å². The van der Waals surface area contributed by atoms with E-state index < -0.39 is 0 Å². The molecule has 0 heterocycles. The van der Waals surface area contributed by atoms with Gasteiger partial charge in [0.05, 0.1) is 0 Å². The highest BCUT2D eigenvalue weighted by Gasteiger charge is 2.04. The zero-order valence-electron chi connectivity index (χ0n) is 7.72. The van der Waals surface area contributed by atoms with Gasteiger partial charge in [-0.2, -0.15) is 0 Å². The molecule has 2 nitrogen and oxygen atoms in total. The molecule has 0 saturated heterocycles. The lowest BCUT2D eigenvalue weighted by Crippen LogP contribution is -1.99. The van der Waals surface area contributed by atoms with E-state index in [1.807, 2.05) is 26.8 Å². The average molecular weight is 166 g/mol. The van der Waals surface area contributed by atoms with Gasteiger partial charge in [-0.3, -0.25) is 0 Å². The summed E-state index contributed by atoms with van der Waals surface area (Å²) >= 11 is 0. The molecule has 0 atom stereocenters. The fourth-order valence-corrected chi connectivity index (χ4v) is 1.21. The molecule has 1 rings (SSSR count). The standard InChI is InChI=1S/C10H14O2/c1-7-4-5-8(2)10(9(7)3)12-6-11/h4-5,11H,6H2,1-3H3. The van der Waals surface area contributed by atoms with Gasteiger partial charge < -0.3 is 9.84 Å². The maximum atomic E-state index is 8.64. The van der Waals surface area contributed by atoms with E-state index in [-0.39, 0.29) is 6.79 Å². The van der Waals surface area contributed by atoms with Crippen molar-refractivity contribution < 1.29 is 9.84 Å². The summed E-state index contributed by atoms with van der Waals surface area (Å²) in [4.78, 5) is 0. The van der Waals surface area contributed by atoms with Crippen molar-refractivity contribution in [1.82, 2.24) is 0 Å². The summed E-state index contributed by atoms with van der Waals surface area (Å²) in [6.07, 6.45) is 0. The molecule has 0 amide bonds. The smallest absolute Gasteiger partial charge is 0.186 e. The summed E-state index contributed by atoms with van der Waals surface area (Å²) in [6.45, 7) is 5.73. The van der Waals surface area contributed by atoms with Crippen molar-refractivity contribution in [2.24, 2.45) is 0 Å².